The summed E-state index contributed by atoms with van der Waals surface area (Å²) in [4.78, 5) is 28.0. The lowest BCUT2D eigenvalue weighted by Gasteiger charge is -2.32. The van der Waals surface area contributed by atoms with Gasteiger partial charge in [-0.2, -0.15) is 0 Å². The van der Waals surface area contributed by atoms with Crippen LogP contribution < -0.4 is 15.5 Å². The SMILES string of the molecule is CC1CCN(c2ccc(C(C)NC(=O)CN3CCNC(=O)C3)cc2)CC1. The Morgan fingerprint density at radius 2 is 1.92 bits per heavy atom. The molecule has 2 saturated heterocycles. The van der Waals surface area contributed by atoms with Crippen LogP contribution in [-0.2, 0) is 9.59 Å². The van der Waals surface area contributed by atoms with Crippen molar-refractivity contribution in [1.29, 1.82) is 0 Å². The predicted molar refractivity (Wildman–Crippen MR) is 103 cm³/mol. The molecule has 2 N–H and O–H groups in total. The van der Waals surface area contributed by atoms with E-state index in [1.807, 2.05) is 11.8 Å². The lowest BCUT2D eigenvalue weighted by molar-refractivity contribution is -0.127. The maximum Gasteiger partial charge on any atom is 0.234 e. The van der Waals surface area contributed by atoms with Crippen LogP contribution in [0.1, 0.15) is 38.3 Å². The van der Waals surface area contributed by atoms with Gasteiger partial charge in [-0.05, 0) is 43.4 Å². The van der Waals surface area contributed by atoms with Crippen LogP contribution in [0.3, 0.4) is 0 Å². The molecule has 0 spiro atoms. The molecule has 3 rings (SSSR count). The Labute approximate surface area is 155 Å². The van der Waals surface area contributed by atoms with Crippen LogP contribution >= 0.6 is 0 Å². The molecule has 1 aromatic rings. The number of benzene rings is 1. The monoisotopic (exact) mass is 358 g/mol. The largest absolute Gasteiger partial charge is 0.372 e. The van der Waals surface area contributed by atoms with E-state index in [-0.39, 0.29) is 24.4 Å². The molecular weight excluding hydrogens is 328 g/mol. The zero-order valence-electron chi connectivity index (χ0n) is 15.8. The van der Waals surface area contributed by atoms with Gasteiger partial charge in [0.05, 0.1) is 19.1 Å². The highest BCUT2D eigenvalue weighted by Crippen LogP contribution is 2.24. The van der Waals surface area contributed by atoms with Gasteiger partial charge in [-0.3, -0.25) is 14.5 Å². The van der Waals surface area contributed by atoms with Crippen molar-refractivity contribution in [1.82, 2.24) is 15.5 Å². The first kappa shape index (κ1) is 18.7. The van der Waals surface area contributed by atoms with Crippen molar-refractivity contribution in [2.24, 2.45) is 5.92 Å². The fourth-order valence-electron chi connectivity index (χ4n) is 3.64. The van der Waals surface area contributed by atoms with Gasteiger partial charge < -0.3 is 15.5 Å². The van der Waals surface area contributed by atoms with Crippen molar-refractivity contribution >= 4 is 17.5 Å². The van der Waals surface area contributed by atoms with Crippen LogP contribution in [0.2, 0.25) is 0 Å². The van der Waals surface area contributed by atoms with Gasteiger partial charge >= 0.3 is 0 Å². The number of hydrogen-bond donors (Lipinski definition) is 2. The van der Waals surface area contributed by atoms with Gasteiger partial charge in [0.1, 0.15) is 0 Å². The quantitative estimate of drug-likeness (QED) is 0.838. The molecule has 0 aromatic heterocycles. The fourth-order valence-corrected chi connectivity index (χ4v) is 3.64. The topological polar surface area (TPSA) is 64.7 Å². The summed E-state index contributed by atoms with van der Waals surface area (Å²) in [5.74, 6) is 0.771. The number of piperidine rings is 1. The highest BCUT2D eigenvalue weighted by molar-refractivity contribution is 5.82. The number of anilines is 1. The Hall–Kier alpha value is -2.08. The van der Waals surface area contributed by atoms with Gasteiger partial charge in [-0.15, -0.1) is 0 Å². The van der Waals surface area contributed by atoms with Crippen molar-refractivity contribution < 1.29 is 9.59 Å². The van der Waals surface area contributed by atoms with Gasteiger partial charge in [0.2, 0.25) is 11.8 Å². The molecule has 0 bridgehead atoms. The average molecular weight is 358 g/mol. The second-order valence-corrected chi connectivity index (χ2v) is 7.61. The van der Waals surface area contributed by atoms with E-state index in [1.54, 1.807) is 0 Å². The van der Waals surface area contributed by atoms with E-state index in [4.69, 9.17) is 0 Å². The molecule has 142 valence electrons. The maximum atomic E-state index is 12.3. The average Bonchev–Trinajstić information content (AvgIpc) is 2.62. The van der Waals surface area contributed by atoms with E-state index in [2.05, 4.69) is 46.7 Å². The standard InChI is InChI=1S/C20H30N4O2/c1-15-7-10-24(11-8-15)18-5-3-17(4-6-18)16(2)22-20(26)14-23-12-9-21-19(25)13-23/h3-6,15-16H,7-14H2,1-2H3,(H,21,25)(H,22,26). The number of piperazine rings is 1. The molecule has 2 aliphatic rings. The number of amides is 2. The molecule has 6 nitrogen and oxygen atoms in total. The molecule has 2 aliphatic heterocycles. The third-order valence-corrected chi connectivity index (χ3v) is 5.40. The third kappa shape index (κ3) is 4.97. The normalized spacial score (nSPS) is 20.5. The van der Waals surface area contributed by atoms with Crippen molar-refractivity contribution in [2.45, 2.75) is 32.7 Å². The number of carbonyl (C=O) groups is 2. The zero-order chi connectivity index (χ0) is 18.5. The predicted octanol–water partition coefficient (Wildman–Crippen LogP) is 1.53. The summed E-state index contributed by atoms with van der Waals surface area (Å²) in [7, 11) is 0. The number of hydrogen-bond acceptors (Lipinski definition) is 4. The van der Waals surface area contributed by atoms with Gasteiger partial charge in [-0.1, -0.05) is 19.1 Å². The van der Waals surface area contributed by atoms with Crippen molar-refractivity contribution in [3.63, 3.8) is 0 Å². The highest BCUT2D eigenvalue weighted by atomic mass is 16.2. The van der Waals surface area contributed by atoms with Crippen LogP contribution in [0.5, 0.6) is 0 Å². The molecule has 2 heterocycles. The molecule has 0 aliphatic carbocycles. The molecule has 1 atom stereocenters. The Bertz CT molecular complexity index is 623. The molecule has 26 heavy (non-hydrogen) atoms. The lowest BCUT2D eigenvalue weighted by atomic mass is 9.98. The summed E-state index contributed by atoms with van der Waals surface area (Å²) >= 11 is 0. The number of carbonyl (C=O) groups excluding carboxylic acids is 2. The van der Waals surface area contributed by atoms with Crippen molar-refractivity contribution in [3.8, 4) is 0 Å². The fraction of sp³-hybridized carbons (Fsp3) is 0.600. The van der Waals surface area contributed by atoms with E-state index in [0.29, 0.717) is 13.1 Å². The molecule has 0 saturated carbocycles. The summed E-state index contributed by atoms with van der Waals surface area (Å²) in [5.41, 5.74) is 2.36. The third-order valence-electron chi connectivity index (χ3n) is 5.40. The Kier molecular flexibility index (Phi) is 6.14. The second-order valence-electron chi connectivity index (χ2n) is 7.61. The van der Waals surface area contributed by atoms with Crippen molar-refractivity contribution in [2.75, 3.05) is 44.2 Å². The van der Waals surface area contributed by atoms with Gasteiger partial charge in [0.15, 0.2) is 0 Å². The molecule has 2 amide bonds. The van der Waals surface area contributed by atoms with E-state index in [9.17, 15) is 9.59 Å². The van der Waals surface area contributed by atoms with Gasteiger partial charge in [-0.25, -0.2) is 0 Å². The van der Waals surface area contributed by atoms with Crippen LogP contribution in [0.25, 0.3) is 0 Å². The van der Waals surface area contributed by atoms with E-state index >= 15 is 0 Å². The molecule has 1 aromatic carbocycles. The first-order valence-corrected chi connectivity index (χ1v) is 9.64. The molecular formula is C20H30N4O2. The first-order chi connectivity index (χ1) is 12.5. The summed E-state index contributed by atoms with van der Waals surface area (Å²) in [6.45, 7) is 8.45. The maximum absolute atomic E-state index is 12.3. The Balaban J connectivity index is 1.50. The smallest absolute Gasteiger partial charge is 0.234 e. The Morgan fingerprint density at radius 1 is 1.23 bits per heavy atom. The molecule has 2 fully saturated rings. The summed E-state index contributed by atoms with van der Waals surface area (Å²) in [6, 6.07) is 8.47. The van der Waals surface area contributed by atoms with Crippen LogP contribution in [0, 0.1) is 5.92 Å². The molecule has 0 radical (unpaired) electrons. The second kappa shape index (κ2) is 8.54. The van der Waals surface area contributed by atoms with E-state index in [1.165, 1.54) is 18.5 Å². The van der Waals surface area contributed by atoms with Gasteiger partial charge in [0, 0.05) is 31.9 Å². The highest BCUT2D eigenvalue weighted by Gasteiger charge is 2.20. The van der Waals surface area contributed by atoms with Crippen molar-refractivity contribution in [3.05, 3.63) is 29.8 Å². The minimum Gasteiger partial charge on any atom is -0.372 e. The minimum atomic E-state index is -0.0449. The number of nitrogens with zero attached hydrogens (tertiary/aromatic N) is 2. The van der Waals surface area contributed by atoms with E-state index < -0.39 is 0 Å². The summed E-state index contributed by atoms with van der Waals surface area (Å²) in [5, 5.41) is 5.81. The van der Waals surface area contributed by atoms with Crippen LogP contribution in [-0.4, -0.2) is 56.0 Å². The molecule has 6 heteroatoms. The first-order valence-electron chi connectivity index (χ1n) is 9.64. The zero-order valence-corrected chi connectivity index (χ0v) is 15.8. The summed E-state index contributed by atoms with van der Waals surface area (Å²) in [6.07, 6.45) is 2.51. The van der Waals surface area contributed by atoms with E-state index in [0.717, 1.165) is 31.1 Å². The Morgan fingerprint density at radius 3 is 2.58 bits per heavy atom. The number of rotatable bonds is 5. The van der Waals surface area contributed by atoms with Crippen LogP contribution in [0.4, 0.5) is 5.69 Å². The minimum absolute atomic E-state index is 0.0141. The lowest BCUT2D eigenvalue weighted by Crippen LogP contribution is -2.50. The summed E-state index contributed by atoms with van der Waals surface area (Å²) < 4.78 is 0. The molecule has 1 unspecified atom stereocenters. The number of nitrogens with one attached hydrogen (secondary N) is 2. The van der Waals surface area contributed by atoms with Gasteiger partial charge in [0.25, 0.3) is 0 Å². The van der Waals surface area contributed by atoms with Crippen LogP contribution in [0.15, 0.2) is 24.3 Å².